The molecule has 0 N–H and O–H groups in total. The summed E-state index contributed by atoms with van der Waals surface area (Å²) in [5.41, 5.74) is 1.15. The van der Waals surface area contributed by atoms with E-state index in [4.69, 9.17) is 4.84 Å². The molecule has 0 saturated heterocycles. The topological polar surface area (TPSA) is 13.1 Å². The minimum Gasteiger partial charge on any atom is -0.268 e. The van der Waals surface area contributed by atoms with E-state index in [9.17, 15) is 0 Å². The third-order valence-corrected chi connectivity index (χ3v) is 3.49. The van der Waals surface area contributed by atoms with Gasteiger partial charge in [-0.3, -0.25) is 4.84 Å². The number of hydrogen-bond donors (Lipinski definition) is 0. The first kappa shape index (κ1) is 10.6. The summed E-state index contributed by atoms with van der Waals surface area (Å²) < 4.78 is 1.94. The van der Waals surface area contributed by atoms with E-state index in [2.05, 4.69) is 30.3 Å². The van der Waals surface area contributed by atoms with Crippen LogP contribution in [0.5, 0.6) is 0 Å². The predicted molar refractivity (Wildman–Crippen MR) is 67.6 cm³/mol. The standard InChI is InChI=1S/C15H18NO/c1-2-9-14(10-3-1)17-16-12-6-8-13-7-4-5-11-15(13)16/h4-8,11-12,14H,1-3,9-10H2/q+1. The molecule has 0 bridgehead atoms. The van der Waals surface area contributed by atoms with E-state index in [-0.39, 0.29) is 0 Å². The fourth-order valence-corrected chi connectivity index (χ4v) is 2.56. The number of rotatable bonds is 2. The first-order chi connectivity index (χ1) is 8.43. The van der Waals surface area contributed by atoms with Crippen LogP contribution in [-0.2, 0) is 0 Å². The van der Waals surface area contributed by atoms with Crippen molar-refractivity contribution in [2.45, 2.75) is 38.2 Å². The molecular weight excluding hydrogens is 210 g/mol. The van der Waals surface area contributed by atoms with Crippen LogP contribution in [0, 0.1) is 0 Å². The molecule has 0 atom stereocenters. The summed E-state index contributed by atoms with van der Waals surface area (Å²) in [5, 5.41) is 1.23. The third kappa shape index (κ3) is 2.26. The Balaban J connectivity index is 1.89. The van der Waals surface area contributed by atoms with Crippen molar-refractivity contribution in [3.8, 4) is 0 Å². The van der Waals surface area contributed by atoms with E-state index in [0.29, 0.717) is 6.10 Å². The smallest absolute Gasteiger partial charge is 0.264 e. The van der Waals surface area contributed by atoms with Crippen LogP contribution in [0.15, 0.2) is 42.6 Å². The van der Waals surface area contributed by atoms with Gasteiger partial charge in [0.15, 0.2) is 6.10 Å². The Kier molecular flexibility index (Phi) is 2.95. The quantitative estimate of drug-likeness (QED) is 0.720. The fraction of sp³-hybridized carbons (Fsp3) is 0.400. The lowest BCUT2D eigenvalue weighted by molar-refractivity contribution is -0.879. The molecule has 17 heavy (non-hydrogen) atoms. The number of hydrogen-bond acceptors (Lipinski definition) is 1. The van der Waals surface area contributed by atoms with Crippen molar-refractivity contribution in [3.63, 3.8) is 0 Å². The van der Waals surface area contributed by atoms with E-state index >= 15 is 0 Å². The fourth-order valence-electron chi connectivity index (χ4n) is 2.56. The van der Waals surface area contributed by atoms with Gasteiger partial charge in [-0.1, -0.05) is 18.6 Å². The van der Waals surface area contributed by atoms with Gasteiger partial charge in [-0.25, -0.2) is 0 Å². The Hall–Kier alpha value is -1.57. The average Bonchev–Trinajstić information content (AvgIpc) is 2.40. The Bertz CT molecular complexity index is 498. The molecule has 2 heteroatoms. The minimum absolute atomic E-state index is 0.388. The van der Waals surface area contributed by atoms with Gasteiger partial charge in [0.2, 0.25) is 6.20 Å². The molecule has 3 rings (SSSR count). The monoisotopic (exact) mass is 228 g/mol. The van der Waals surface area contributed by atoms with Gasteiger partial charge >= 0.3 is 0 Å². The maximum Gasteiger partial charge on any atom is 0.264 e. The molecule has 1 fully saturated rings. The zero-order valence-corrected chi connectivity index (χ0v) is 10.0. The Morgan fingerprint density at radius 2 is 1.71 bits per heavy atom. The number of fused-ring (bicyclic) bond motifs is 1. The summed E-state index contributed by atoms with van der Waals surface area (Å²) in [6, 6.07) is 12.5. The van der Waals surface area contributed by atoms with Gasteiger partial charge in [-0.2, -0.15) is 0 Å². The van der Waals surface area contributed by atoms with Gasteiger partial charge in [0.25, 0.3) is 5.52 Å². The first-order valence-electron chi connectivity index (χ1n) is 6.50. The molecule has 0 aliphatic heterocycles. The Morgan fingerprint density at radius 3 is 2.59 bits per heavy atom. The van der Waals surface area contributed by atoms with Crippen molar-refractivity contribution in [1.82, 2.24) is 0 Å². The molecule has 1 heterocycles. The second-order valence-corrected chi connectivity index (χ2v) is 4.76. The van der Waals surface area contributed by atoms with Crippen molar-refractivity contribution in [3.05, 3.63) is 42.6 Å². The molecule has 0 spiro atoms. The summed E-state index contributed by atoms with van der Waals surface area (Å²) in [4.78, 5) is 6.09. The number of aromatic nitrogens is 1. The lowest BCUT2D eigenvalue weighted by Gasteiger charge is -2.17. The summed E-state index contributed by atoms with van der Waals surface area (Å²) in [6.07, 6.45) is 8.75. The Labute approximate surface area is 102 Å². The highest BCUT2D eigenvalue weighted by molar-refractivity contribution is 5.74. The molecule has 1 aromatic heterocycles. The molecule has 0 amide bonds. The largest absolute Gasteiger partial charge is 0.268 e. The van der Waals surface area contributed by atoms with E-state index in [1.165, 1.54) is 37.5 Å². The van der Waals surface area contributed by atoms with Crippen molar-refractivity contribution in [2.24, 2.45) is 0 Å². The van der Waals surface area contributed by atoms with Gasteiger partial charge in [0, 0.05) is 16.9 Å². The van der Waals surface area contributed by atoms with Gasteiger partial charge in [-0.15, -0.1) is 0 Å². The minimum atomic E-state index is 0.388. The highest BCUT2D eigenvalue weighted by atomic mass is 16.7. The summed E-state index contributed by atoms with van der Waals surface area (Å²) >= 11 is 0. The lowest BCUT2D eigenvalue weighted by Crippen LogP contribution is -2.48. The van der Waals surface area contributed by atoms with Crippen LogP contribution in [0.4, 0.5) is 0 Å². The van der Waals surface area contributed by atoms with Gasteiger partial charge < -0.3 is 0 Å². The van der Waals surface area contributed by atoms with Crippen LogP contribution < -0.4 is 9.57 Å². The van der Waals surface area contributed by atoms with Gasteiger partial charge in [0.1, 0.15) is 0 Å². The van der Waals surface area contributed by atoms with Crippen LogP contribution in [0.1, 0.15) is 32.1 Å². The van der Waals surface area contributed by atoms with Gasteiger partial charge in [-0.05, 0) is 37.8 Å². The number of benzene rings is 1. The van der Waals surface area contributed by atoms with Crippen LogP contribution >= 0.6 is 0 Å². The highest BCUT2D eigenvalue weighted by Crippen LogP contribution is 2.18. The highest BCUT2D eigenvalue weighted by Gasteiger charge is 2.20. The average molecular weight is 228 g/mol. The van der Waals surface area contributed by atoms with Crippen LogP contribution in [0.25, 0.3) is 10.9 Å². The molecule has 2 aromatic rings. The zero-order valence-electron chi connectivity index (χ0n) is 10.0. The second-order valence-electron chi connectivity index (χ2n) is 4.76. The molecule has 1 saturated carbocycles. The van der Waals surface area contributed by atoms with Crippen LogP contribution in [0.3, 0.4) is 0 Å². The lowest BCUT2D eigenvalue weighted by atomic mass is 9.98. The SMILES string of the molecule is c1ccc2c(c1)ccc[n+]2OC1CCCCC1. The normalized spacial score (nSPS) is 17.2. The van der Waals surface area contributed by atoms with Crippen LogP contribution in [-0.4, -0.2) is 6.10 Å². The predicted octanol–water partition coefficient (Wildman–Crippen LogP) is 2.89. The van der Waals surface area contributed by atoms with Crippen molar-refractivity contribution in [2.75, 3.05) is 0 Å². The molecule has 2 nitrogen and oxygen atoms in total. The maximum atomic E-state index is 6.09. The van der Waals surface area contributed by atoms with E-state index in [0.717, 1.165) is 5.52 Å². The van der Waals surface area contributed by atoms with Crippen LogP contribution in [0.2, 0.25) is 0 Å². The van der Waals surface area contributed by atoms with Crippen molar-refractivity contribution < 1.29 is 9.57 Å². The second kappa shape index (κ2) is 4.74. The van der Waals surface area contributed by atoms with Crippen molar-refractivity contribution in [1.29, 1.82) is 0 Å². The molecule has 0 unspecified atom stereocenters. The number of para-hydroxylation sites is 1. The van der Waals surface area contributed by atoms with E-state index in [1.807, 2.05) is 17.0 Å². The molecule has 1 aliphatic carbocycles. The first-order valence-corrected chi connectivity index (χ1v) is 6.50. The zero-order chi connectivity index (χ0) is 11.5. The van der Waals surface area contributed by atoms with E-state index in [1.54, 1.807) is 0 Å². The summed E-state index contributed by atoms with van der Waals surface area (Å²) in [5.74, 6) is 0. The maximum absolute atomic E-state index is 6.09. The Morgan fingerprint density at radius 1 is 0.941 bits per heavy atom. The van der Waals surface area contributed by atoms with E-state index < -0.39 is 0 Å². The number of pyridine rings is 1. The summed E-state index contributed by atoms with van der Waals surface area (Å²) in [7, 11) is 0. The molecular formula is C15H18NO+. The molecule has 0 radical (unpaired) electrons. The van der Waals surface area contributed by atoms with Crippen molar-refractivity contribution >= 4 is 10.9 Å². The summed E-state index contributed by atoms with van der Waals surface area (Å²) in [6.45, 7) is 0. The molecule has 1 aromatic carbocycles. The molecule has 1 aliphatic rings. The van der Waals surface area contributed by atoms with Gasteiger partial charge in [0.05, 0.1) is 5.39 Å². The third-order valence-electron chi connectivity index (χ3n) is 3.49. The number of nitrogens with zero attached hydrogens (tertiary/aromatic N) is 1. The molecule has 88 valence electrons.